The summed E-state index contributed by atoms with van der Waals surface area (Å²) in [5, 5.41) is 5.74. The zero-order valence-electron chi connectivity index (χ0n) is 11.9. The summed E-state index contributed by atoms with van der Waals surface area (Å²) in [6.45, 7) is 6.59. The maximum atomic E-state index is 4.59. The zero-order valence-corrected chi connectivity index (χ0v) is 12.7. The van der Waals surface area contributed by atoms with Gasteiger partial charge < -0.3 is 5.32 Å². The molecule has 4 heteroatoms. The van der Waals surface area contributed by atoms with Crippen molar-refractivity contribution in [3.63, 3.8) is 0 Å². The summed E-state index contributed by atoms with van der Waals surface area (Å²) in [6.07, 6.45) is 7.74. The van der Waals surface area contributed by atoms with Crippen LogP contribution in [0.3, 0.4) is 0 Å². The quantitative estimate of drug-likeness (QED) is 0.925. The summed E-state index contributed by atoms with van der Waals surface area (Å²) >= 11 is 1.71. The first-order valence-electron chi connectivity index (χ1n) is 7.36. The highest BCUT2D eigenvalue weighted by molar-refractivity contribution is 7.15. The molecule has 3 nitrogen and oxygen atoms in total. The van der Waals surface area contributed by atoms with Crippen molar-refractivity contribution in [3.8, 4) is 0 Å². The van der Waals surface area contributed by atoms with Gasteiger partial charge in [-0.15, -0.1) is 11.3 Å². The van der Waals surface area contributed by atoms with Gasteiger partial charge in [-0.3, -0.25) is 4.40 Å². The minimum atomic E-state index is 0.877. The van der Waals surface area contributed by atoms with Crippen molar-refractivity contribution in [3.05, 3.63) is 23.0 Å². The predicted molar refractivity (Wildman–Crippen MR) is 80.6 cm³/mol. The largest absolute Gasteiger partial charge is 0.311 e. The second-order valence-electron chi connectivity index (χ2n) is 5.96. The van der Waals surface area contributed by atoms with Crippen LogP contribution >= 0.6 is 11.3 Å². The Morgan fingerprint density at radius 1 is 1.37 bits per heavy atom. The van der Waals surface area contributed by atoms with Crippen molar-refractivity contribution < 1.29 is 0 Å². The molecule has 0 atom stereocenters. The Hall–Kier alpha value is -0.870. The highest BCUT2D eigenvalue weighted by Crippen LogP contribution is 2.27. The third kappa shape index (κ3) is 2.84. The normalized spacial score (nSPS) is 24.1. The van der Waals surface area contributed by atoms with Gasteiger partial charge in [0.25, 0.3) is 0 Å². The molecule has 2 aromatic heterocycles. The van der Waals surface area contributed by atoms with Crippen LogP contribution in [0.2, 0.25) is 0 Å². The lowest BCUT2D eigenvalue weighted by atomic mass is 9.83. The summed E-state index contributed by atoms with van der Waals surface area (Å²) in [7, 11) is 0. The smallest absolute Gasteiger partial charge is 0.194 e. The van der Waals surface area contributed by atoms with Crippen LogP contribution in [0.25, 0.3) is 4.96 Å². The van der Waals surface area contributed by atoms with E-state index in [0.29, 0.717) is 0 Å². The van der Waals surface area contributed by atoms with E-state index < -0.39 is 0 Å². The number of aromatic nitrogens is 2. The molecule has 1 aliphatic rings. The molecule has 3 rings (SSSR count). The first-order chi connectivity index (χ1) is 9.24. The summed E-state index contributed by atoms with van der Waals surface area (Å²) in [5.74, 6) is 1.82. The first-order valence-corrected chi connectivity index (χ1v) is 8.23. The molecular formula is C15H23N3S. The molecule has 0 unspecified atom stereocenters. The molecule has 1 fully saturated rings. The maximum absolute atomic E-state index is 4.59. The number of hydrogen-bond donors (Lipinski definition) is 1. The molecule has 0 radical (unpaired) electrons. The Morgan fingerprint density at radius 2 is 2.16 bits per heavy atom. The second-order valence-corrected chi connectivity index (χ2v) is 6.83. The lowest BCUT2D eigenvalue weighted by Gasteiger charge is -2.26. The molecule has 0 saturated heterocycles. The second kappa shape index (κ2) is 5.63. The highest BCUT2D eigenvalue weighted by Gasteiger charge is 2.18. The number of thiazole rings is 1. The van der Waals surface area contributed by atoms with Gasteiger partial charge in [0, 0.05) is 18.1 Å². The molecular weight excluding hydrogens is 254 g/mol. The van der Waals surface area contributed by atoms with Gasteiger partial charge in [-0.25, -0.2) is 4.98 Å². The number of aryl methyl sites for hydroxylation is 1. The lowest BCUT2D eigenvalue weighted by Crippen LogP contribution is -2.26. The molecule has 0 spiro atoms. The molecule has 0 amide bonds. The van der Waals surface area contributed by atoms with E-state index in [0.717, 1.165) is 35.6 Å². The Kier molecular flexibility index (Phi) is 3.89. The van der Waals surface area contributed by atoms with Gasteiger partial charge in [-0.05, 0) is 38.1 Å². The van der Waals surface area contributed by atoms with Crippen LogP contribution in [0.1, 0.15) is 44.0 Å². The van der Waals surface area contributed by atoms with Gasteiger partial charge >= 0.3 is 0 Å². The molecule has 0 aromatic carbocycles. The number of fused-ring (bicyclic) bond motifs is 1. The monoisotopic (exact) mass is 277 g/mol. The molecule has 1 saturated carbocycles. The van der Waals surface area contributed by atoms with E-state index >= 15 is 0 Å². The number of nitrogens with zero attached hydrogens (tertiary/aromatic N) is 2. The fourth-order valence-corrected chi connectivity index (χ4v) is 3.86. The van der Waals surface area contributed by atoms with Crippen LogP contribution in [0.15, 0.2) is 11.6 Å². The minimum Gasteiger partial charge on any atom is -0.311 e. The van der Waals surface area contributed by atoms with Gasteiger partial charge in [0.15, 0.2) is 4.96 Å². The molecule has 1 N–H and O–H groups in total. The van der Waals surface area contributed by atoms with E-state index in [2.05, 4.69) is 40.1 Å². The fourth-order valence-electron chi connectivity index (χ4n) is 3.08. The molecule has 19 heavy (non-hydrogen) atoms. The Balaban J connectivity index is 1.54. The predicted octanol–water partition coefficient (Wildman–Crippen LogP) is 3.62. The number of nitrogens with one attached hydrogen (secondary N) is 1. The summed E-state index contributed by atoms with van der Waals surface area (Å²) in [6, 6.07) is 0. The van der Waals surface area contributed by atoms with Crippen LogP contribution in [-0.4, -0.2) is 15.9 Å². The van der Waals surface area contributed by atoms with Crippen molar-refractivity contribution in [2.45, 2.75) is 46.1 Å². The molecule has 2 aromatic rings. The maximum Gasteiger partial charge on any atom is 0.194 e. The topological polar surface area (TPSA) is 29.3 Å². The van der Waals surface area contributed by atoms with Gasteiger partial charge in [0.2, 0.25) is 0 Å². The van der Waals surface area contributed by atoms with Crippen molar-refractivity contribution in [1.29, 1.82) is 0 Å². The van der Waals surface area contributed by atoms with E-state index in [1.807, 2.05) is 0 Å². The van der Waals surface area contributed by atoms with E-state index in [9.17, 15) is 0 Å². The highest BCUT2D eigenvalue weighted by atomic mass is 32.1. The van der Waals surface area contributed by atoms with Crippen LogP contribution in [0.5, 0.6) is 0 Å². The van der Waals surface area contributed by atoms with Crippen LogP contribution in [0.4, 0.5) is 0 Å². The van der Waals surface area contributed by atoms with E-state index in [1.165, 1.54) is 31.4 Å². The lowest BCUT2D eigenvalue weighted by molar-refractivity contribution is 0.281. The van der Waals surface area contributed by atoms with E-state index in [4.69, 9.17) is 0 Å². The summed E-state index contributed by atoms with van der Waals surface area (Å²) in [4.78, 5) is 5.70. The van der Waals surface area contributed by atoms with E-state index in [1.54, 1.807) is 11.3 Å². The third-order valence-corrected chi connectivity index (χ3v) is 5.18. The van der Waals surface area contributed by atoms with Gasteiger partial charge in [0.1, 0.15) is 0 Å². The Labute approximate surface area is 119 Å². The first kappa shape index (κ1) is 13.1. The minimum absolute atomic E-state index is 0.877. The van der Waals surface area contributed by atoms with Crippen LogP contribution in [0, 0.1) is 18.8 Å². The number of imidazole rings is 1. The van der Waals surface area contributed by atoms with Gasteiger partial charge in [-0.1, -0.05) is 19.8 Å². The molecule has 104 valence electrons. The average Bonchev–Trinajstić information content (AvgIpc) is 2.94. The van der Waals surface area contributed by atoms with Crippen LogP contribution in [-0.2, 0) is 6.54 Å². The van der Waals surface area contributed by atoms with Gasteiger partial charge in [-0.2, -0.15) is 0 Å². The standard InChI is InChI=1S/C15H23N3S/c1-11-3-5-13(6-4-11)9-16-10-14-12(2)17-15-18(14)7-8-19-15/h7-8,11,13,16H,3-6,9-10H2,1-2H3. The number of rotatable bonds is 4. The number of hydrogen-bond acceptors (Lipinski definition) is 3. The SMILES string of the molecule is Cc1nc2sccn2c1CNCC1CCC(C)CC1. The summed E-state index contributed by atoms with van der Waals surface area (Å²) < 4.78 is 2.22. The van der Waals surface area contributed by atoms with Crippen LogP contribution < -0.4 is 5.32 Å². The van der Waals surface area contributed by atoms with Gasteiger partial charge in [0.05, 0.1) is 11.4 Å². The molecule has 0 aliphatic heterocycles. The summed E-state index contributed by atoms with van der Waals surface area (Å²) in [5.41, 5.74) is 2.48. The third-order valence-electron chi connectivity index (χ3n) is 4.42. The molecule has 0 bridgehead atoms. The van der Waals surface area contributed by atoms with Crippen molar-refractivity contribution in [2.75, 3.05) is 6.54 Å². The Morgan fingerprint density at radius 3 is 2.95 bits per heavy atom. The molecule has 1 aliphatic carbocycles. The zero-order chi connectivity index (χ0) is 13.2. The Bertz CT molecular complexity index is 535. The van der Waals surface area contributed by atoms with Crippen molar-refractivity contribution >= 4 is 16.3 Å². The molecule has 2 heterocycles. The fraction of sp³-hybridized carbons (Fsp3) is 0.667. The van der Waals surface area contributed by atoms with Crippen molar-refractivity contribution in [2.24, 2.45) is 11.8 Å². The average molecular weight is 277 g/mol. The van der Waals surface area contributed by atoms with Crippen molar-refractivity contribution in [1.82, 2.24) is 14.7 Å². The van der Waals surface area contributed by atoms with E-state index in [-0.39, 0.29) is 0 Å².